The molecule has 0 unspecified atom stereocenters. The van der Waals surface area contributed by atoms with Gasteiger partial charge in [-0.05, 0) is 216 Å². The predicted molar refractivity (Wildman–Crippen MR) is 412 cm³/mol. The van der Waals surface area contributed by atoms with Crippen molar-refractivity contribution in [3.05, 3.63) is 344 Å². The Balaban J connectivity index is 0.000000180. The second-order valence-electron chi connectivity index (χ2n) is 24.7. The van der Waals surface area contributed by atoms with E-state index in [0.717, 1.165) is 20.9 Å². The molecule has 0 N–H and O–H groups in total. The lowest BCUT2D eigenvalue weighted by atomic mass is 9.74. The van der Waals surface area contributed by atoms with Crippen LogP contribution in [0.2, 0.25) is 0 Å². The van der Waals surface area contributed by atoms with Crippen molar-refractivity contribution in [2.75, 3.05) is 0 Å². The Hall–Kier alpha value is -16.1. The topological polar surface area (TPSA) is 269 Å². The van der Waals surface area contributed by atoms with E-state index in [0.29, 0.717) is 114 Å². The zero-order chi connectivity index (χ0) is 77.5. The maximum absolute atomic E-state index is 9.36. The Kier molecular flexibility index (Phi) is 24.4. The molecule has 0 saturated carbocycles. The molecular weight excluding hydrogens is 1370 g/mol. The minimum Gasteiger partial charge on any atom is -0.457 e. The third-order valence-corrected chi connectivity index (χ3v) is 18.1. The lowest BCUT2D eigenvalue weighted by Gasteiger charge is -2.29. The van der Waals surface area contributed by atoms with Gasteiger partial charge in [0.2, 0.25) is 0 Å². The summed E-state index contributed by atoms with van der Waals surface area (Å²) in [6.07, 6.45) is 16.3. The highest BCUT2D eigenvalue weighted by molar-refractivity contribution is 7.99. The smallest absolute Gasteiger partial charge is 0.131 e. The molecule has 0 aliphatic heterocycles. The van der Waals surface area contributed by atoms with Gasteiger partial charge < -0.3 is 28.4 Å². The van der Waals surface area contributed by atoms with Gasteiger partial charge in [-0.25, -0.2) is 0 Å². The summed E-state index contributed by atoms with van der Waals surface area (Å²) in [6, 6.07) is 94.4. The molecule has 0 spiro atoms. The molecule has 16 heteroatoms. The van der Waals surface area contributed by atoms with Gasteiger partial charge in [-0.2, -0.15) is 47.4 Å². The lowest BCUT2D eigenvalue weighted by molar-refractivity contribution is 0.460. The van der Waals surface area contributed by atoms with E-state index >= 15 is 0 Å². The molecule has 0 bridgehead atoms. The molecule has 0 aliphatic rings. The van der Waals surface area contributed by atoms with E-state index in [9.17, 15) is 10.5 Å². The average molecular weight is 1430 g/mol. The van der Waals surface area contributed by atoms with Crippen molar-refractivity contribution in [3.8, 4) is 161 Å². The summed E-state index contributed by atoms with van der Waals surface area (Å²) in [6.45, 7) is 8.79. The molecule has 0 saturated heterocycles. The fourth-order valence-corrected chi connectivity index (χ4v) is 11.8. The van der Waals surface area contributed by atoms with Gasteiger partial charge in [-0.15, -0.1) is 19.3 Å². The first-order chi connectivity index (χ1) is 52.9. The summed E-state index contributed by atoms with van der Waals surface area (Å²) < 4.78 is 35.2. The largest absolute Gasteiger partial charge is 0.457 e. The summed E-state index contributed by atoms with van der Waals surface area (Å²) >= 11 is 1.59. The molecule has 15 nitrogen and oxygen atoms in total. The zero-order valence-corrected chi connectivity index (χ0v) is 59.7. The third kappa shape index (κ3) is 19.0. The van der Waals surface area contributed by atoms with Crippen LogP contribution in [0.4, 0.5) is 0 Å². The van der Waals surface area contributed by atoms with Crippen LogP contribution < -0.4 is 28.4 Å². The zero-order valence-electron chi connectivity index (χ0n) is 58.9. The molecular formula is C93H57N9O6S. The second-order valence-corrected chi connectivity index (χ2v) is 25.8. The first kappa shape index (κ1) is 75.5. The number of nitrogens with zero attached hydrogens (tertiary/aromatic N) is 9. The van der Waals surface area contributed by atoms with Crippen LogP contribution in [0.15, 0.2) is 265 Å². The lowest BCUT2D eigenvalue weighted by Crippen LogP contribution is -2.21. The van der Waals surface area contributed by atoms with Crippen LogP contribution in [0.3, 0.4) is 0 Å². The second kappa shape index (κ2) is 35.2. The van der Waals surface area contributed by atoms with Gasteiger partial charge in [0.25, 0.3) is 0 Å². The first-order valence-electron chi connectivity index (χ1n) is 33.1. The Morgan fingerprint density at radius 3 is 0.670 bits per heavy atom. The van der Waals surface area contributed by atoms with E-state index in [-0.39, 0.29) is 33.1 Å². The number of hydrogen-bond acceptors (Lipinski definition) is 16. The van der Waals surface area contributed by atoms with Crippen LogP contribution in [-0.2, 0) is 10.8 Å². The summed E-state index contributed by atoms with van der Waals surface area (Å²) in [5.41, 5.74) is 8.62. The molecule has 0 atom stereocenters. The summed E-state index contributed by atoms with van der Waals surface area (Å²) in [5.74, 6) is 14.1. The molecule has 12 aromatic rings. The van der Waals surface area contributed by atoms with Gasteiger partial charge in [-0.1, -0.05) is 112 Å². The number of benzene rings is 12. The van der Waals surface area contributed by atoms with Crippen molar-refractivity contribution in [1.29, 1.82) is 47.4 Å². The van der Waals surface area contributed by atoms with E-state index in [1.807, 2.05) is 115 Å². The van der Waals surface area contributed by atoms with Crippen molar-refractivity contribution in [1.82, 2.24) is 0 Å². The van der Waals surface area contributed by atoms with E-state index in [1.54, 1.807) is 133 Å². The van der Waals surface area contributed by atoms with E-state index in [4.69, 9.17) is 84.5 Å². The van der Waals surface area contributed by atoms with Crippen molar-refractivity contribution >= 4 is 11.8 Å². The average Bonchev–Trinajstić information content (AvgIpc) is 0.782. The molecule has 109 heavy (non-hydrogen) atoms. The monoisotopic (exact) mass is 1430 g/mol. The van der Waals surface area contributed by atoms with E-state index in [1.165, 1.54) is 23.3 Å². The highest BCUT2D eigenvalue weighted by Gasteiger charge is 2.27. The summed E-state index contributed by atoms with van der Waals surface area (Å²) in [7, 11) is 0. The predicted octanol–water partition coefficient (Wildman–Crippen LogP) is 21.4. The van der Waals surface area contributed by atoms with E-state index in [2.05, 4.69) is 106 Å². The van der Waals surface area contributed by atoms with Gasteiger partial charge in [-0.3, -0.25) is 0 Å². The number of rotatable bonds is 18. The minimum atomic E-state index is -0.257. The number of ether oxygens (including phenoxy) is 6. The van der Waals surface area contributed by atoms with Crippen LogP contribution in [0.25, 0.3) is 0 Å². The van der Waals surface area contributed by atoms with Gasteiger partial charge >= 0.3 is 0 Å². The minimum absolute atomic E-state index is 0.241. The van der Waals surface area contributed by atoms with Crippen molar-refractivity contribution < 1.29 is 28.4 Å². The molecule has 0 aromatic heterocycles. The highest BCUT2D eigenvalue weighted by atomic mass is 32.2. The molecule has 0 radical (unpaired) electrons. The Bertz CT molecular complexity index is 5620. The van der Waals surface area contributed by atoms with Crippen LogP contribution in [-0.4, -0.2) is 0 Å². The quantitative estimate of drug-likeness (QED) is 0.0722. The van der Waals surface area contributed by atoms with Crippen molar-refractivity contribution in [2.24, 2.45) is 0 Å². The van der Waals surface area contributed by atoms with E-state index < -0.39 is 0 Å². The highest BCUT2D eigenvalue weighted by Crippen LogP contribution is 2.40. The SMILES string of the molecule is C#Cc1cc(Oc2ccc(Sc3ccc(Oc4ccc(C#N)c(C#N)c4)cc3)cc2)ccc1C#N.C#Cc1ccc(Oc2ccc(C(C)(C)c3ccc(C(C)(C)c4ccc(Oc5ccc(C#N)c(C#N)c5)cc4)cc3)cc2)cc1C#N.C#Cc1ccc(Oc2cccc(Oc3ccc(C#N)c(C#N)c3)c2)cc1C#N. The molecule has 0 fully saturated rings. The third-order valence-electron chi connectivity index (χ3n) is 17.1. The number of hydrogen-bond donors (Lipinski definition) is 0. The van der Waals surface area contributed by atoms with Crippen LogP contribution in [0.1, 0.15) is 117 Å². The Morgan fingerprint density at radius 2 is 0.413 bits per heavy atom. The molecule has 0 heterocycles. The van der Waals surface area contributed by atoms with Crippen LogP contribution >= 0.6 is 11.8 Å². The molecule has 12 aromatic carbocycles. The summed E-state index contributed by atoms with van der Waals surface area (Å²) in [5, 5.41) is 82.4. The first-order valence-corrected chi connectivity index (χ1v) is 33.9. The van der Waals surface area contributed by atoms with Crippen LogP contribution in [0, 0.1) is 139 Å². The van der Waals surface area contributed by atoms with Gasteiger partial charge in [0.1, 0.15) is 124 Å². The molecule has 0 aliphatic carbocycles. The van der Waals surface area contributed by atoms with Crippen molar-refractivity contribution in [2.45, 2.75) is 48.3 Å². The Labute approximate surface area is 636 Å². The van der Waals surface area contributed by atoms with Gasteiger partial charge in [0, 0.05) is 43.4 Å². The molecule has 12 rings (SSSR count). The number of nitriles is 9. The van der Waals surface area contributed by atoms with Crippen LogP contribution in [0.5, 0.6) is 69.0 Å². The normalized spacial score (nSPS) is 10.1. The Morgan fingerprint density at radius 1 is 0.220 bits per heavy atom. The maximum Gasteiger partial charge on any atom is 0.131 e. The summed E-state index contributed by atoms with van der Waals surface area (Å²) in [4.78, 5) is 2.05. The van der Waals surface area contributed by atoms with Gasteiger partial charge in [0.15, 0.2) is 0 Å². The fourth-order valence-electron chi connectivity index (χ4n) is 11.0. The fraction of sp³-hybridized carbons (Fsp3) is 0.0645. The number of terminal acetylenes is 3. The van der Waals surface area contributed by atoms with Gasteiger partial charge in [0.05, 0.1) is 50.1 Å². The maximum atomic E-state index is 9.36. The van der Waals surface area contributed by atoms with Crippen molar-refractivity contribution in [3.63, 3.8) is 0 Å². The molecule has 0 amide bonds. The standard InChI is InChI=1S/C41H31N3O2.C29H15N3O2S.C23H11N3O2/c1-6-28-7-17-38(23-30(28)26-43)45-36-19-13-34(14-20-36)40(2,3)32-9-11-33(12-10-32)41(4,5)35-15-21-37(22-16-35)46-39-18-8-29(25-42)31(24-39)27-44;1-2-20-15-26(5-3-21(20)17-30)33-24-7-11-28(12-8-24)35-29-13-9-25(10-14-29)34-27-6-4-22(18-31)23(16-27)19-32;1-2-16-6-8-22(10-18(16)14-25)27-20-4-3-5-21(12-20)28-23-9-7-17(13-24)19(11-23)15-26/h1,7-24H,2-5H3;1,3-16H;1,3-12H. The molecule has 516 valence electrons.